The number of ether oxygens (including phenoxy) is 1. The minimum atomic E-state index is -1.30. The lowest BCUT2D eigenvalue weighted by atomic mass is 10.2. The molecule has 0 spiro atoms. The molecule has 5 aromatic rings. The van der Waals surface area contributed by atoms with E-state index in [4.69, 9.17) is 26.4 Å². The van der Waals surface area contributed by atoms with Crippen LogP contribution < -0.4 is 10.5 Å². The number of pyridine rings is 1. The van der Waals surface area contributed by atoms with E-state index in [2.05, 4.69) is 34.5 Å². The van der Waals surface area contributed by atoms with Gasteiger partial charge in [0.25, 0.3) is 5.56 Å². The Bertz CT molecular complexity index is 1850. The molecule has 42 heavy (non-hydrogen) atoms. The van der Waals surface area contributed by atoms with Crippen molar-refractivity contribution in [2.45, 2.75) is 56.2 Å². The number of halogens is 1. The third-order valence-electron chi connectivity index (χ3n) is 7.50. The number of aromatic nitrogens is 7. The van der Waals surface area contributed by atoms with Crippen molar-refractivity contribution in [2.24, 2.45) is 0 Å². The van der Waals surface area contributed by atoms with Crippen molar-refractivity contribution in [3.63, 3.8) is 0 Å². The molecule has 0 N–H and O–H groups in total. The number of nitrogens with zero attached hydrogens (tertiary/aromatic N) is 8. The normalized spacial score (nSPS) is 16.6. The monoisotopic (exact) mass is 624 g/mol. The van der Waals surface area contributed by atoms with E-state index in [1.807, 2.05) is 16.8 Å². The van der Waals surface area contributed by atoms with E-state index in [0.29, 0.717) is 52.9 Å². The van der Waals surface area contributed by atoms with Crippen molar-refractivity contribution in [1.29, 1.82) is 0 Å². The second kappa shape index (κ2) is 11.4. The first kappa shape index (κ1) is 28.7. The number of hydrogen-bond donors (Lipinski definition) is 0. The topological polar surface area (TPSA) is 112 Å². The highest BCUT2D eigenvalue weighted by Gasteiger charge is 2.35. The Hall–Kier alpha value is -3.39. The number of hydrogen-bond acceptors (Lipinski definition) is 8. The van der Waals surface area contributed by atoms with E-state index in [1.165, 1.54) is 10.8 Å². The molecule has 220 valence electrons. The van der Waals surface area contributed by atoms with Gasteiger partial charge in [0.1, 0.15) is 35.9 Å². The van der Waals surface area contributed by atoms with Crippen LogP contribution in [0.15, 0.2) is 58.9 Å². The van der Waals surface area contributed by atoms with Gasteiger partial charge in [-0.15, -0.1) is 0 Å². The summed E-state index contributed by atoms with van der Waals surface area (Å²) in [4.78, 5) is 30.4. The molecule has 5 aromatic heterocycles. The molecule has 0 bridgehead atoms. The Labute approximate surface area is 251 Å². The highest BCUT2D eigenvalue weighted by atomic mass is 35.5. The molecule has 1 fully saturated rings. The molecule has 6 rings (SSSR count). The summed E-state index contributed by atoms with van der Waals surface area (Å²) in [7, 11) is -2.54. The van der Waals surface area contributed by atoms with Crippen molar-refractivity contribution in [3.05, 3.63) is 70.4 Å². The summed E-state index contributed by atoms with van der Waals surface area (Å²) in [6.45, 7) is 8.59. The molecule has 6 heterocycles. The third-order valence-corrected chi connectivity index (χ3v) is 10.4. The van der Waals surface area contributed by atoms with Gasteiger partial charge < -0.3 is 14.2 Å². The fourth-order valence-electron chi connectivity index (χ4n) is 5.41. The van der Waals surface area contributed by atoms with Crippen LogP contribution in [0.25, 0.3) is 22.4 Å². The molecule has 1 aliphatic heterocycles. The molecule has 14 heteroatoms. The van der Waals surface area contributed by atoms with Crippen LogP contribution in [0.4, 0.5) is 5.82 Å². The number of anilines is 1. The maximum Gasteiger partial charge on any atom is 0.285 e. The number of fused-ring (bicyclic) bond motifs is 2. The first-order valence-electron chi connectivity index (χ1n) is 13.9. The van der Waals surface area contributed by atoms with Gasteiger partial charge in [0.15, 0.2) is 5.82 Å². The van der Waals surface area contributed by atoms with E-state index >= 15 is 0 Å². The van der Waals surface area contributed by atoms with Gasteiger partial charge in [0, 0.05) is 46.1 Å². The lowest BCUT2D eigenvalue weighted by molar-refractivity contribution is 0.0896. The summed E-state index contributed by atoms with van der Waals surface area (Å²) in [6, 6.07) is 7.82. The van der Waals surface area contributed by atoms with Crippen LogP contribution in [-0.4, -0.2) is 65.4 Å². The van der Waals surface area contributed by atoms with Crippen molar-refractivity contribution in [1.82, 2.24) is 33.7 Å². The van der Waals surface area contributed by atoms with Crippen LogP contribution in [0.3, 0.4) is 0 Å². The van der Waals surface area contributed by atoms with Gasteiger partial charge in [-0.2, -0.15) is 5.10 Å². The average molecular weight is 625 g/mol. The highest BCUT2D eigenvalue weighted by molar-refractivity contribution is 7.84. The van der Waals surface area contributed by atoms with Crippen LogP contribution in [-0.2, 0) is 22.3 Å². The summed E-state index contributed by atoms with van der Waals surface area (Å²) in [5.41, 5.74) is 0.645. The maximum absolute atomic E-state index is 13.9. The Morgan fingerprint density at radius 2 is 2.00 bits per heavy atom. The van der Waals surface area contributed by atoms with Crippen LogP contribution in [0, 0.1) is 0 Å². The fourth-order valence-corrected chi connectivity index (χ4v) is 7.13. The van der Waals surface area contributed by atoms with E-state index in [-0.39, 0.29) is 17.1 Å². The van der Waals surface area contributed by atoms with E-state index in [9.17, 15) is 9.00 Å². The quantitative estimate of drug-likeness (QED) is 0.172. The smallest absolute Gasteiger partial charge is 0.285 e. The first-order valence-corrected chi connectivity index (χ1v) is 19.5. The van der Waals surface area contributed by atoms with Gasteiger partial charge in [0.2, 0.25) is 0 Å². The summed E-state index contributed by atoms with van der Waals surface area (Å²) in [5.74, 6) is 1.64. The van der Waals surface area contributed by atoms with Crippen LogP contribution in [0.2, 0.25) is 30.7 Å². The fraction of sp³-hybridized carbons (Fsp3) is 0.393. The van der Waals surface area contributed by atoms with Gasteiger partial charge in [-0.1, -0.05) is 37.3 Å². The Morgan fingerprint density at radius 3 is 2.74 bits per heavy atom. The maximum atomic E-state index is 13.9. The second-order valence-electron chi connectivity index (χ2n) is 11.7. The molecular weight excluding hydrogens is 592 g/mol. The van der Waals surface area contributed by atoms with Gasteiger partial charge in [-0.3, -0.25) is 9.00 Å². The zero-order valence-corrected chi connectivity index (χ0v) is 26.6. The molecular formula is C28H33ClN8O3SSi. The second-order valence-corrected chi connectivity index (χ2v) is 19.0. The predicted octanol–water partition coefficient (Wildman–Crippen LogP) is 4.67. The van der Waals surface area contributed by atoms with E-state index in [1.54, 1.807) is 41.4 Å². The molecule has 0 radical (unpaired) electrons. The third kappa shape index (κ3) is 5.30. The van der Waals surface area contributed by atoms with Gasteiger partial charge in [-0.05, 0) is 37.1 Å². The van der Waals surface area contributed by atoms with E-state index in [0.717, 1.165) is 24.3 Å². The van der Waals surface area contributed by atoms with Crippen LogP contribution in [0.1, 0.15) is 24.7 Å². The standard InChI is InChI=1S/C28H33ClN8O3SSi/c1-41(39)21-16-34(18-40-14-15-42(2,3)4)26-23(21)27(32-17-31-26)35-12-7-8-20(35)25-33-36-13-10-19(29)24(36)28(38)37(25)22-9-5-6-11-30-22/h5-6,9-11,13,16-17,20H,7-8,12,14-15,18H2,1-4H3/t20-,41?/m0/s1. The summed E-state index contributed by atoms with van der Waals surface area (Å²) in [6.07, 6.45) is 9.96. The zero-order chi connectivity index (χ0) is 29.6. The average Bonchev–Trinajstić information content (AvgIpc) is 3.68. The Kier molecular flexibility index (Phi) is 7.77. The molecule has 2 atom stereocenters. The van der Waals surface area contributed by atoms with Crippen molar-refractivity contribution in [2.75, 3.05) is 24.3 Å². The minimum Gasteiger partial charge on any atom is -0.361 e. The van der Waals surface area contributed by atoms with Crippen molar-refractivity contribution < 1.29 is 8.95 Å². The SMILES string of the molecule is CS(=O)c1cn(COCC[Si](C)(C)C)c2ncnc(N3CCC[C@H]3c3nn4ccc(Cl)c4c(=O)n3-c3ccccn3)c12. The van der Waals surface area contributed by atoms with Gasteiger partial charge in [-0.25, -0.2) is 24.0 Å². The zero-order valence-electron chi connectivity index (χ0n) is 24.0. The summed E-state index contributed by atoms with van der Waals surface area (Å²) in [5, 5.41) is 5.94. The van der Waals surface area contributed by atoms with Crippen molar-refractivity contribution in [3.8, 4) is 5.82 Å². The van der Waals surface area contributed by atoms with Gasteiger partial charge in [0.05, 0.1) is 32.1 Å². The van der Waals surface area contributed by atoms with Crippen molar-refractivity contribution >= 4 is 52.8 Å². The minimum absolute atomic E-state index is 0.287. The molecule has 0 aliphatic carbocycles. The lowest BCUT2D eigenvalue weighted by Gasteiger charge is -2.27. The summed E-state index contributed by atoms with van der Waals surface area (Å²) < 4.78 is 24.0. The molecule has 1 unspecified atom stereocenters. The molecule has 0 amide bonds. The predicted molar refractivity (Wildman–Crippen MR) is 167 cm³/mol. The van der Waals surface area contributed by atoms with Crippen LogP contribution in [0.5, 0.6) is 0 Å². The Balaban J connectivity index is 1.46. The molecule has 1 saturated heterocycles. The molecule has 1 aliphatic rings. The highest BCUT2D eigenvalue weighted by Crippen LogP contribution is 2.39. The first-order chi connectivity index (χ1) is 20.1. The van der Waals surface area contributed by atoms with Gasteiger partial charge >= 0.3 is 0 Å². The van der Waals surface area contributed by atoms with E-state index < -0.39 is 18.9 Å². The number of rotatable bonds is 9. The molecule has 11 nitrogen and oxygen atoms in total. The molecule has 0 saturated carbocycles. The Morgan fingerprint density at radius 1 is 1.17 bits per heavy atom. The summed E-state index contributed by atoms with van der Waals surface area (Å²) >= 11 is 6.39. The van der Waals surface area contributed by atoms with Crippen LogP contribution >= 0.6 is 11.6 Å². The lowest BCUT2D eigenvalue weighted by Crippen LogP contribution is -2.33. The molecule has 0 aromatic carbocycles. The largest absolute Gasteiger partial charge is 0.361 e.